The Morgan fingerprint density at radius 3 is 1.79 bits per heavy atom. The maximum Gasteiger partial charge on any atom is 0.338 e. The number of carbonyl (C=O) groups excluding carboxylic acids is 5. The molecule has 3 fully saturated rings. The van der Waals surface area contributed by atoms with E-state index in [1.54, 1.807) is 62.4 Å². The van der Waals surface area contributed by atoms with Crippen LogP contribution in [0.2, 0.25) is 0 Å². The van der Waals surface area contributed by atoms with Crippen LogP contribution >= 0.6 is 0 Å². The van der Waals surface area contributed by atoms with Crippen LogP contribution in [0.5, 0.6) is 0 Å². The summed E-state index contributed by atoms with van der Waals surface area (Å²) in [7, 11) is 0. The molecule has 0 radical (unpaired) electrons. The molecule has 2 aromatic carbocycles. The Morgan fingerprint density at radius 2 is 1.28 bits per heavy atom. The van der Waals surface area contributed by atoms with Gasteiger partial charge in [0.15, 0.2) is 11.7 Å². The van der Waals surface area contributed by atoms with E-state index < -0.39 is 89.0 Å². The zero-order chi connectivity index (χ0) is 34.4. The number of ether oxygens (including phenoxy) is 6. The largest absolute Gasteiger partial charge is 0.465 e. The minimum Gasteiger partial charge on any atom is -0.465 e. The van der Waals surface area contributed by atoms with Crippen molar-refractivity contribution in [2.24, 2.45) is 11.3 Å². The Morgan fingerprint density at radius 1 is 0.745 bits per heavy atom. The molecular formula is C35H40O12. The molecule has 5 rings (SSSR count). The fourth-order valence-electron chi connectivity index (χ4n) is 8.01. The Hall–Kier alpha value is -4.29. The van der Waals surface area contributed by atoms with Gasteiger partial charge in [-0.15, -0.1) is 0 Å². The monoisotopic (exact) mass is 652 g/mol. The number of fused-ring (bicyclic) bond motifs is 1. The number of benzene rings is 2. The minimum atomic E-state index is -2.02. The van der Waals surface area contributed by atoms with E-state index in [9.17, 15) is 29.1 Å². The fraction of sp³-hybridized carbons (Fsp3) is 0.514. The van der Waals surface area contributed by atoms with Gasteiger partial charge in [-0.1, -0.05) is 36.4 Å². The van der Waals surface area contributed by atoms with Gasteiger partial charge in [0.1, 0.15) is 30.3 Å². The number of aliphatic hydroxyl groups is 1. The molecule has 0 amide bonds. The molecule has 1 N–H and O–H groups in total. The summed E-state index contributed by atoms with van der Waals surface area (Å²) in [5.41, 5.74) is -6.87. The molecule has 8 atom stereocenters. The molecule has 8 unspecified atom stereocenters. The number of esters is 5. The van der Waals surface area contributed by atoms with Gasteiger partial charge in [0.05, 0.1) is 28.2 Å². The Kier molecular flexibility index (Phi) is 8.97. The van der Waals surface area contributed by atoms with Crippen LogP contribution in [0, 0.1) is 11.3 Å². The summed E-state index contributed by atoms with van der Waals surface area (Å²) in [6, 6.07) is 16.2. The third-order valence-corrected chi connectivity index (χ3v) is 9.68. The number of hydrogen-bond acceptors (Lipinski definition) is 12. The smallest absolute Gasteiger partial charge is 0.338 e. The van der Waals surface area contributed by atoms with Crippen molar-refractivity contribution in [1.29, 1.82) is 0 Å². The molecule has 1 spiro atoms. The molecule has 1 heterocycles. The van der Waals surface area contributed by atoms with Gasteiger partial charge in [-0.3, -0.25) is 14.4 Å². The van der Waals surface area contributed by atoms with Crippen molar-refractivity contribution in [3.8, 4) is 0 Å². The van der Waals surface area contributed by atoms with Gasteiger partial charge in [0, 0.05) is 20.8 Å². The SMILES string of the molecule is CC(=O)OCC12C(OC(C)=O)CCC(C)(O)C13OC(C)(C)C(C(OC(=O)c1ccccc1)C2OC(=O)c1ccccc1)C3OC(C)=O. The van der Waals surface area contributed by atoms with Crippen molar-refractivity contribution in [2.75, 3.05) is 6.61 Å². The van der Waals surface area contributed by atoms with E-state index in [4.69, 9.17) is 28.4 Å². The maximum atomic E-state index is 13.9. The third kappa shape index (κ3) is 5.67. The predicted molar refractivity (Wildman–Crippen MR) is 163 cm³/mol. The highest BCUT2D eigenvalue weighted by molar-refractivity contribution is 5.90. The topological polar surface area (TPSA) is 161 Å². The number of hydrogen-bond donors (Lipinski definition) is 1. The molecule has 12 nitrogen and oxygen atoms in total. The zero-order valence-electron chi connectivity index (χ0n) is 27.2. The van der Waals surface area contributed by atoms with E-state index in [1.807, 2.05) is 0 Å². The fourth-order valence-corrected chi connectivity index (χ4v) is 8.01. The van der Waals surface area contributed by atoms with Crippen LogP contribution in [0.15, 0.2) is 60.7 Å². The first-order chi connectivity index (χ1) is 22.1. The second kappa shape index (κ2) is 12.4. The van der Waals surface area contributed by atoms with Gasteiger partial charge in [0.25, 0.3) is 0 Å². The first-order valence-corrected chi connectivity index (χ1v) is 15.5. The summed E-state index contributed by atoms with van der Waals surface area (Å²) in [5, 5.41) is 12.4. The first-order valence-electron chi connectivity index (χ1n) is 15.5. The van der Waals surface area contributed by atoms with Gasteiger partial charge in [-0.05, 0) is 57.9 Å². The molecule has 2 saturated carbocycles. The van der Waals surface area contributed by atoms with E-state index >= 15 is 0 Å². The van der Waals surface area contributed by atoms with Crippen LogP contribution in [0.25, 0.3) is 0 Å². The molecule has 2 aromatic rings. The first kappa shape index (κ1) is 34.1. The van der Waals surface area contributed by atoms with Crippen LogP contribution < -0.4 is 0 Å². The average molecular weight is 653 g/mol. The van der Waals surface area contributed by atoms with E-state index in [0.717, 1.165) is 6.92 Å². The van der Waals surface area contributed by atoms with E-state index in [0.29, 0.717) is 0 Å². The van der Waals surface area contributed by atoms with Gasteiger partial charge in [-0.25, -0.2) is 9.59 Å². The van der Waals surface area contributed by atoms with Crippen molar-refractivity contribution in [3.63, 3.8) is 0 Å². The van der Waals surface area contributed by atoms with Crippen molar-refractivity contribution >= 4 is 29.8 Å². The normalized spacial score (nSPS) is 33.5. The number of carbonyl (C=O) groups is 5. The summed E-state index contributed by atoms with van der Waals surface area (Å²) >= 11 is 0. The van der Waals surface area contributed by atoms with Gasteiger partial charge in [-0.2, -0.15) is 0 Å². The minimum absolute atomic E-state index is 0.00438. The van der Waals surface area contributed by atoms with E-state index in [1.165, 1.54) is 32.9 Å². The summed E-state index contributed by atoms with van der Waals surface area (Å²) < 4.78 is 37.1. The molecule has 0 aromatic heterocycles. The zero-order valence-corrected chi connectivity index (χ0v) is 27.2. The summed E-state index contributed by atoms with van der Waals surface area (Å²) in [6.07, 6.45) is -5.64. The molecule has 252 valence electrons. The lowest BCUT2D eigenvalue weighted by Gasteiger charge is -2.65. The number of rotatable bonds is 8. The second-order valence-corrected chi connectivity index (χ2v) is 13.2. The molecular weight excluding hydrogens is 612 g/mol. The van der Waals surface area contributed by atoms with E-state index in [-0.39, 0.29) is 24.0 Å². The van der Waals surface area contributed by atoms with Crippen molar-refractivity contribution < 1.29 is 57.5 Å². The van der Waals surface area contributed by atoms with E-state index in [2.05, 4.69) is 0 Å². The van der Waals surface area contributed by atoms with Crippen molar-refractivity contribution in [1.82, 2.24) is 0 Å². The molecule has 1 aliphatic heterocycles. The lowest BCUT2D eigenvalue weighted by atomic mass is 9.46. The maximum absolute atomic E-state index is 13.9. The predicted octanol–water partition coefficient (Wildman–Crippen LogP) is 3.57. The molecule has 2 aliphatic carbocycles. The van der Waals surface area contributed by atoms with Crippen LogP contribution in [0.3, 0.4) is 0 Å². The molecule has 2 bridgehead atoms. The quantitative estimate of drug-likeness (QED) is 0.327. The Bertz CT molecular complexity index is 1540. The molecule has 1 saturated heterocycles. The standard InChI is InChI=1S/C35H40O12/c1-20(36)42-19-34-25(43-21(2)37)17-18-33(6,41)35(34)28(44-22(3)38)26(32(4,5)47-35)27(45-30(39)23-13-9-7-10-14-23)29(34)46-31(40)24-15-11-8-12-16-24/h7-16,25-29,41H,17-19H2,1-6H3. The van der Waals surface area contributed by atoms with Crippen molar-refractivity contribution in [3.05, 3.63) is 71.8 Å². The van der Waals surface area contributed by atoms with Crippen LogP contribution in [-0.4, -0.2) is 82.8 Å². The summed E-state index contributed by atoms with van der Waals surface area (Å²) in [5.74, 6) is -4.86. The van der Waals surface area contributed by atoms with Crippen LogP contribution in [0.4, 0.5) is 0 Å². The van der Waals surface area contributed by atoms with Crippen LogP contribution in [0.1, 0.15) is 75.1 Å². The highest BCUT2D eigenvalue weighted by Gasteiger charge is 2.87. The van der Waals surface area contributed by atoms with Gasteiger partial charge < -0.3 is 33.5 Å². The second-order valence-electron chi connectivity index (χ2n) is 13.2. The van der Waals surface area contributed by atoms with Crippen molar-refractivity contribution in [2.45, 2.75) is 95.6 Å². The Balaban J connectivity index is 1.84. The summed E-state index contributed by atoms with van der Waals surface area (Å²) in [4.78, 5) is 65.8. The molecule has 3 aliphatic rings. The Labute approximate surface area is 272 Å². The van der Waals surface area contributed by atoms with Gasteiger partial charge >= 0.3 is 29.8 Å². The van der Waals surface area contributed by atoms with Crippen LogP contribution in [-0.2, 0) is 42.8 Å². The van der Waals surface area contributed by atoms with Gasteiger partial charge in [0.2, 0.25) is 0 Å². The average Bonchev–Trinajstić information content (AvgIpc) is 3.20. The highest BCUT2D eigenvalue weighted by atomic mass is 16.6. The third-order valence-electron chi connectivity index (χ3n) is 9.68. The lowest BCUT2D eigenvalue weighted by molar-refractivity contribution is -0.348. The summed E-state index contributed by atoms with van der Waals surface area (Å²) in [6.45, 7) is 7.74. The lowest BCUT2D eigenvalue weighted by Crippen LogP contribution is -2.83. The molecule has 12 heteroatoms. The molecule has 47 heavy (non-hydrogen) atoms. The highest BCUT2D eigenvalue weighted by Crippen LogP contribution is 2.69.